The Kier molecular flexibility index (Phi) is 5.68. The predicted octanol–water partition coefficient (Wildman–Crippen LogP) is 2.20. The highest BCUT2D eigenvalue weighted by atomic mass is 19.1. The Bertz CT molecular complexity index is 1390. The molecule has 1 atom stereocenters. The number of halogens is 1. The van der Waals surface area contributed by atoms with Crippen LogP contribution in [0.15, 0.2) is 41.3 Å². The molecule has 3 N–H and O–H groups in total. The van der Waals surface area contributed by atoms with Gasteiger partial charge in [0.05, 0.1) is 16.9 Å². The lowest BCUT2D eigenvalue weighted by Crippen LogP contribution is -2.45. The van der Waals surface area contributed by atoms with Crippen LogP contribution in [0.1, 0.15) is 33.7 Å². The summed E-state index contributed by atoms with van der Waals surface area (Å²) in [6, 6.07) is 7.06. The van der Waals surface area contributed by atoms with Crippen molar-refractivity contribution in [2.45, 2.75) is 13.0 Å². The minimum Gasteiger partial charge on any atom is -0.487 e. The summed E-state index contributed by atoms with van der Waals surface area (Å²) < 4.78 is 23.2. The van der Waals surface area contributed by atoms with E-state index in [0.29, 0.717) is 41.3 Å². The second-order valence-electron chi connectivity index (χ2n) is 9.06. The lowest BCUT2D eigenvalue weighted by molar-refractivity contribution is 0.0998. The highest BCUT2D eigenvalue weighted by Crippen LogP contribution is 2.42. The molecule has 35 heavy (non-hydrogen) atoms. The Hall–Kier alpha value is -3.92. The number of piperazine rings is 1. The van der Waals surface area contributed by atoms with E-state index in [0.717, 1.165) is 13.1 Å². The number of rotatable bonds is 4. The second-order valence-corrected chi connectivity index (χ2v) is 9.06. The van der Waals surface area contributed by atoms with Gasteiger partial charge in [-0.2, -0.15) is 0 Å². The van der Waals surface area contributed by atoms with Gasteiger partial charge in [0.15, 0.2) is 11.6 Å². The van der Waals surface area contributed by atoms with Crippen molar-refractivity contribution >= 4 is 34.1 Å². The van der Waals surface area contributed by atoms with Crippen molar-refractivity contribution in [1.29, 1.82) is 0 Å². The van der Waals surface area contributed by atoms with Crippen LogP contribution < -0.4 is 26.1 Å². The molecule has 0 spiro atoms. The van der Waals surface area contributed by atoms with E-state index in [9.17, 15) is 14.4 Å². The highest BCUT2D eigenvalue weighted by Gasteiger charge is 2.31. The van der Waals surface area contributed by atoms with Gasteiger partial charge in [-0.15, -0.1) is 0 Å². The van der Waals surface area contributed by atoms with E-state index in [-0.39, 0.29) is 23.6 Å². The first-order valence-electron chi connectivity index (χ1n) is 11.4. The topological polar surface area (TPSA) is 110 Å². The lowest BCUT2D eigenvalue weighted by Gasteiger charge is -2.37. The average molecular weight is 480 g/mol. The normalized spacial score (nSPS) is 17.8. The van der Waals surface area contributed by atoms with Gasteiger partial charge in [-0.25, -0.2) is 4.39 Å². The van der Waals surface area contributed by atoms with E-state index in [1.807, 2.05) is 23.4 Å². The van der Waals surface area contributed by atoms with Crippen LogP contribution in [-0.2, 0) is 0 Å². The van der Waals surface area contributed by atoms with Crippen LogP contribution in [0.4, 0.5) is 15.8 Å². The number of nitrogens with zero attached hydrogens (tertiary/aromatic N) is 3. The first-order chi connectivity index (χ1) is 16.7. The van der Waals surface area contributed by atoms with Crippen LogP contribution in [0.3, 0.4) is 0 Å². The van der Waals surface area contributed by atoms with Gasteiger partial charge < -0.3 is 30.2 Å². The summed E-state index contributed by atoms with van der Waals surface area (Å²) >= 11 is 0. The van der Waals surface area contributed by atoms with E-state index in [1.54, 1.807) is 0 Å². The molecule has 3 aromatic rings. The van der Waals surface area contributed by atoms with Crippen molar-refractivity contribution in [2.75, 3.05) is 50.1 Å². The highest BCUT2D eigenvalue weighted by molar-refractivity contribution is 6.07. The fraction of sp³-hybridized carbons (Fsp3) is 0.320. The summed E-state index contributed by atoms with van der Waals surface area (Å²) in [6.45, 7) is 5.06. The van der Waals surface area contributed by atoms with Crippen LogP contribution in [-0.4, -0.2) is 61.1 Å². The van der Waals surface area contributed by atoms with Crippen LogP contribution in [0, 0.1) is 5.82 Å². The molecule has 3 heterocycles. The molecule has 0 unspecified atom stereocenters. The molecular weight excluding hydrogens is 453 g/mol. The monoisotopic (exact) mass is 479 g/mol. The van der Waals surface area contributed by atoms with Crippen LogP contribution in [0.2, 0.25) is 0 Å². The number of nitrogens with one attached hydrogen (secondary N) is 1. The molecule has 2 aromatic carbocycles. The molecule has 0 saturated carbocycles. The Morgan fingerprint density at radius 2 is 1.83 bits per heavy atom. The van der Waals surface area contributed by atoms with Crippen molar-refractivity contribution in [3.63, 3.8) is 0 Å². The summed E-state index contributed by atoms with van der Waals surface area (Å²) in [6.07, 6.45) is 1.51. The van der Waals surface area contributed by atoms with E-state index in [2.05, 4.69) is 10.2 Å². The number of anilines is 2. The molecule has 1 fully saturated rings. The van der Waals surface area contributed by atoms with E-state index >= 15 is 4.39 Å². The quantitative estimate of drug-likeness (QED) is 0.594. The largest absolute Gasteiger partial charge is 0.487 e. The third-order valence-corrected chi connectivity index (χ3v) is 6.63. The third-order valence-electron chi connectivity index (χ3n) is 6.63. The van der Waals surface area contributed by atoms with E-state index in [1.165, 1.54) is 36.5 Å². The number of hydrogen-bond donors (Lipinski definition) is 2. The van der Waals surface area contributed by atoms with Crippen molar-refractivity contribution in [2.24, 2.45) is 5.73 Å². The number of amides is 2. The van der Waals surface area contributed by atoms with Gasteiger partial charge in [0.25, 0.3) is 5.91 Å². The number of likely N-dealkylation sites (N-methyl/N-ethyl adjacent to an activating group) is 1. The zero-order chi connectivity index (χ0) is 24.9. The Morgan fingerprint density at radius 3 is 2.49 bits per heavy atom. The minimum absolute atomic E-state index is 0.0960. The molecule has 2 aliphatic rings. The first kappa shape index (κ1) is 22.9. The molecule has 5 rings (SSSR count). The molecule has 2 aliphatic heterocycles. The number of benzene rings is 2. The standard InChI is InChI=1S/C25H26FN5O4/c1-14-13-35-23-20-17(11-19(26)21(23)30-9-7-29(2)8-10-30)22(32)18(12-31(14)20)25(34)28-16-5-3-15(4-6-16)24(27)33/h3-6,11-12,14H,7-10,13H2,1-2H3,(H2,27,33)(H,28,34)/t14-/m0/s1. The number of ether oxygens (including phenoxy) is 1. The molecule has 10 heteroatoms. The summed E-state index contributed by atoms with van der Waals surface area (Å²) in [5, 5.41) is 2.76. The maximum absolute atomic E-state index is 15.4. The van der Waals surface area contributed by atoms with Gasteiger partial charge in [0.1, 0.15) is 17.9 Å². The maximum Gasteiger partial charge on any atom is 0.261 e. The van der Waals surface area contributed by atoms with E-state index in [4.69, 9.17) is 10.5 Å². The molecule has 1 aromatic heterocycles. The fourth-order valence-electron chi connectivity index (χ4n) is 4.61. The summed E-state index contributed by atoms with van der Waals surface area (Å²) in [5.74, 6) is -1.42. The number of carbonyl (C=O) groups excluding carboxylic acids is 2. The van der Waals surface area contributed by atoms with Crippen LogP contribution >= 0.6 is 0 Å². The number of nitrogens with two attached hydrogens (primary N) is 1. The molecule has 182 valence electrons. The maximum atomic E-state index is 15.4. The van der Waals surface area contributed by atoms with Crippen molar-refractivity contribution in [3.8, 4) is 5.75 Å². The Labute approximate surface area is 200 Å². The molecule has 1 saturated heterocycles. The van der Waals surface area contributed by atoms with Crippen molar-refractivity contribution < 1.29 is 18.7 Å². The van der Waals surface area contributed by atoms with E-state index < -0.39 is 23.1 Å². The third kappa shape index (κ3) is 3.99. The molecule has 2 amide bonds. The first-order valence-corrected chi connectivity index (χ1v) is 11.4. The molecule has 9 nitrogen and oxygen atoms in total. The van der Waals surface area contributed by atoms with Gasteiger partial charge in [-0.3, -0.25) is 14.4 Å². The van der Waals surface area contributed by atoms with Crippen molar-refractivity contribution in [3.05, 3.63) is 63.7 Å². The molecule has 0 aliphatic carbocycles. The van der Waals surface area contributed by atoms with Gasteiger partial charge in [0.2, 0.25) is 11.3 Å². The van der Waals surface area contributed by atoms with Crippen LogP contribution in [0.25, 0.3) is 10.9 Å². The molecule has 0 bridgehead atoms. The number of aromatic nitrogens is 1. The minimum atomic E-state index is -0.628. The fourth-order valence-corrected chi connectivity index (χ4v) is 4.61. The van der Waals surface area contributed by atoms with Gasteiger partial charge in [-0.1, -0.05) is 0 Å². The predicted molar refractivity (Wildman–Crippen MR) is 131 cm³/mol. The number of pyridine rings is 1. The molecular formula is C25H26FN5O4. The molecule has 0 radical (unpaired) electrons. The van der Waals surface area contributed by atoms with Crippen LogP contribution in [0.5, 0.6) is 5.75 Å². The smallest absolute Gasteiger partial charge is 0.261 e. The summed E-state index contributed by atoms with van der Waals surface area (Å²) in [4.78, 5) is 41.8. The summed E-state index contributed by atoms with van der Waals surface area (Å²) in [7, 11) is 2.02. The zero-order valence-corrected chi connectivity index (χ0v) is 19.5. The van der Waals surface area contributed by atoms with Gasteiger partial charge >= 0.3 is 0 Å². The number of primary amides is 1. The van der Waals surface area contributed by atoms with Gasteiger partial charge in [-0.05, 0) is 44.3 Å². The average Bonchev–Trinajstić information content (AvgIpc) is 2.83. The summed E-state index contributed by atoms with van der Waals surface area (Å²) in [5.41, 5.74) is 6.11. The van der Waals surface area contributed by atoms with Gasteiger partial charge in [0, 0.05) is 43.6 Å². The second kappa shape index (κ2) is 8.70. The Morgan fingerprint density at radius 1 is 1.14 bits per heavy atom. The number of hydrogen-bond acceptors (Lipinski definition) is 6. The Balaban J connectivity index is 1.58. The van der Waals surface area contributed by atoms with Crippen molar-refractivity contribution in [1.82, 2.24) is 9.47 Å². The SMILES string of the molecule is C[C@H]1COc2c(N3CCN(C)CC3)c(F)cc3c(=O)c(C(=O)Nc4ccc(C(N)=O)cc4)cn1c23. The number of carbonyl (C=O) groups is 2. The lowest BCUT2D eigenvalue weighted by atomic mass is 10.0. The zero-order valence-electron chi connectivity index (χ0n) is 19.5.